The van der Waals surface area contributed by atoms with Crippen molar-refractivity contribution in [2.45, 2.75) is 24.5 Å². The Hall–Kier alpha value is -6.91. The Morgan fingerprint density at radius 3 is 1.86 bits per heavy atom. The number of hydrogen-bond acceptors (Lipinski definition) is 11. The second kappa shape index (κ2) is 14.3. The summed E-state index contributed by atoms with van der Waals surface area (Å²) in [7, 11) is 0. The van der Waals surface area contributed by atoms with Crippen molar-refractivity contribution in [3.8, 4) is 17.5 Å². The lowest BCUT2D eigenvalue weighted by molar-refractivity contribution is -0.0637. The van der Waals surface area contributed by atoms with Crippen molar-refractivity contribution >= 4 is 29.1 Å². The van der Waals surface area contributed by atoms with Crippen LogP contribution in [-0.2, 0) is 18.9 Å². The number of nitriles is 1. The number of ether oxygens (including phenoxy) is 4. The molecule has 6 aromatic rings. The molecule has 51 heavy (non-hydrogen) atoms. The third-order valence-corrected chi connectivity index (χ3v) is 8.14. The quantitative estimate of drug-likeness (QED) is 0.163. The number of carbonyl (C=O) groups is 3. The van der Waals surface area contributed by atoms with Gasteiger partial charge in [-0.3, -0.25) is 4.57 Å². The zero-order chi connectivity index (χ0) is 35.3. The lowest BCUT2D eigenvalue weighted by Crippen LogP contribution is -2.42. The molecule has 4 aromatic carbocycles. The van der Waals surface area contributed by atoms with E-state index in [2.05, 4.69) is 21.0 Å². The summed E-state index contributed by atoms with van der Waals surface area (Å²) in [6.45, 7) is -0.423. The summed E-state index contributed by atoms with van der Waals surface area (Å²) in [6.07, 6.45) is -3.94. The maximum Gasteiger partial charge on any atom is 0.351 e. The fraction of sp³-hybridized carbons (Fsp3) is 0.132. The van der Waals surface area contributed by atoms with Gasteiger partial charge in [0.05, 0.1) is 28.3 Å². The number of rotatable bonds is 9. The number of hydrogen-bond donors (Lipinski definition) is 1. The molecule has 3 heterocycles. The van der Waals surface area contributed by atoms with Crippen LogP contribution in [0.15, 0.2) is 126 Å². The molecule has 2 aromatic heterocycles. The molecule has 0 radical (unpaired) electrons. The van der Waals surface area contributed by atoms with Crippen LogP contribution in [0.25, 0.3) is 22.6 Å². The zero-order valence-corrected chi connectivity index (χ0v) is 26.6. The smallest absolute Gasteiger partial charge is 0.351 e. The van der Waals surface area contributed by atoms with Gasteiger partial charge in [0, 0.05) is 11.8 Å². The molecule has 1 fully saturated rings. The molecule has 0 unspecified atom stereocenters. The Kier molecular flexibility index (Phi) is 9.14. The van der Waals surface area contributed by atoms with Crippen LogP contribution in [-0.4, -0.2) is 62.3 Å². The van der Waals surface area contributed by atoms with E-state index in [1.54, 1.807) is 115 Å². The minimum Gasteiger partial charge on any atom is -0.459 e. The van der Waals surface area contributed by atoms with Gasteiger partial charge < -0.3 is 23.9 Å². The first-order valence-electron chi connectivity index (χ1n) is 15.8. The molecule has 4 atom stereocenters. The fourth-order valence-corrected chi connectivity index (χ4v) is 5.60. The van der Waals surface area contributed by atoms with Gasteiger partial charge in [-0.15, -0.1) is 0 Å². The number of H-pyrrole nitrogens is 1. The highest BCUT2D eigenvalue weighted by molar-refractivity contribution is 5.91. The van der Waals surface area contributed by atoms with Gasteiger partial charge >= 0.3 is 23.6 Å². The van der Waals surface area contributed by atoms with Crippen LogP contribution in [0.5, 0.6) is 0 Å². The number of benzene rings is 4. The van der Waals surface area contributed by atoms with Crippen LogP contribution in [0.3, 0.4) is 0 Å². The molecule has 0 bridgehead atoms. The molecule has 1 saturated heterocycles. The van der Waals surface area contributed by atoms with Crippen molar-refractivity contribution in [2.75, 3.05) is 6.61 Å². The van der Waals surface area contributed by atoms with E-state index in [4.69, 9.17) is 24.2 Å². The van der Waals surface area contributed by atoms with Crippen LogP contribution in [0.2, 0.25) is 0 Å². The van der Waals surface area contributed by atoms with Crippen LogP contribution < -0.4 is 5.69 Å². The van der Waals surface area contributed by atoms with E-state index in [-0.39, 0.29) is 22.3 Å². The van der Waals surface area contributed by atoms with Crippen molar-refractivity contribution in [3.63, 3.8) is 0 Å². The number of aromatic nitrogens is 4. The standard InChI is InChI=1S/C38H27N5O8/c39-20-23-16-18-24(19-17-23)32-40-28-21-43(38(47)42-33(28)41-32)34-31(51-37(46)27-14-8-3-9-15-27)30(50-36(45)26-12-6-2-7-13-26)29(49-34)22-48-35(44)25-10-4-1-5-11-25/h1-19,21,29-31,34H,22H2,(H,40,41,42,47)/t29-,30-,31-,34-/m1/s1. The predicted octanol–water partition coefficient (Wildman–Crippen LogP) is 4.86. The van der Waals surface area contributed by atoms with Crippen molar-refractivity contribution < 1.29 is 33.3 Å². The van der Waals surface area contributed by atoms with Crippen LogP contribution in [0.1, 0.15) is 42.9 Å². The number of carbonyl (C=O) groups excluding carboxylic acids is 3. The molecule has 7 rings (SSSR count). The van der Waals surface area contributed by atoms with Crippen molar-refractivity contribution in [2.24, 2.45) is 0 Å². The van der Waals surface area contributed by atoms with Gasteiger partial charge in [0.1, 0.15) is 24.1 Å². The largest absolute Gasteiger partial charge is 0.459 e. The summed E-state index contributed by atoms with van der Waals surface area (Å²) in [5.74, 6) is -1.81. The van der Waals surface area contributed by atoms with Crippen molar-refractivity contribution in [1.82, 2.24) is 19.5 Å². The zero-order valence-electron chi connectivity index (χ0n) is 26.6. The van der Waals surface area contributed by atoms with Gasteiger partial charge in [0.2, 0.25) is 0 Å². The van der Waals surface area contributed by atoms with E-state index >= 15 is 0 Å². The molecule has 13 nitrogen and oxygen atoms in total. The van der Waals surface area contributed by atoms with Gasteiger partial charge in [-0.25, -0.2) is 24.2 Å². The molecule has 1 aliphatic rings. The molecule has 0 saturated carbocycles. The normalized spacial score (nSPS) is 18.1. The first kappa shape index (κ1) is 32.6. The first-order valence-corrected chi connectivity index (χ1v) is 15.8. The predicted molar refractivity (Wildman–Crippen MR) is 180 cm³/mol. The van der Waals surface area contributed by atoms with Crippen LogP contribution in [0, 0.1) is 11.3 Å². The average Bonchev–Trinajstić information content (AvgIpc) is 3.74. The summed E-state index contributed by atoms with van der Waals surface area (Å²) >= 11 is 0. The van der Waals surface area contributed by atoms with E-state index < -0.39 is 54.7 Å². The van der Waals surface area contributed by atoms with E-state index in [0.717, 1.165) is 4.57 Å². The Morgan fingerprint density at radius 2 is 1.29 bits per heavy atom. The SMILES string of the molecule is N#Cc1ccc(-c2nc3nc(=O)n([C@@H]4O[C@H](COC(=O)c5ccccc5)[C@@H](OC(=O)c5ccccc5)[C@H]4OC(=O)c4ccccc4)cc3[nH]2)cc1. The summed E-state index contributed by atoms with van der Waals surface area (Å²) in [6, 6.07) is 33.3. The lowest BCUT2D eigenvalue weighted by Gasteiger charge is -2.25. The maximum absolute atomic E-state index is 13.6. The molecule has 0 amide bonds. The van der Waals surface area contributed by atoms with E-state index in [1.807, 2.05) is 0 Å². The Bertz CT molecular complexity index is 2300. The first-order chi connectivity index (χ1) is 24.9. The minimum atomic E-state index is -1.41. The molecule has 1 aliphatic heterocycles. The van der Waals surface area contributed by atoms with Gasteiger partial charge in [-0.1, -0.05) is 54.6 Å². The number of nitrogens with zero attached hydrogens (tertiary/aromatic N) is 4. The molecule has 0 spiro atoms. The monoisotopic (exact) mass is 681 g/mol. The number of nitrogens with one attached hydrogen (secondary N) is 1. The second-order valence-corrected chi connectivity index (χ2v) is 11.4. The molecule has 1 N–H and O–H groups in total. The average molecular weight is 682 g/mol. The second-order valence-electron chi connectivity index (χ2n) is 11.4. The summed E-state index contributed by atoms with van der Waals surface area (Å²) in [5.41, 5.74) is 1.43. The van der Waals surface area contributed by atoms with Gasteiger partial charge in [-0.05, 0) is 60.7 Å². The number of fused-ring (bicyclic) bond motifs is 1. The number of aromatic amines is 1. The highest BCUT2D eigenvalue weighted by Gasteiger charge is 2.52. The van der Waals surface area contributed by atoms with Gasteiger partial charge in [-0.2, -0.15) is 10.2 Å². The Morgan fingerprint density at radius 1 is 0.745 bits per heavy atom. The molecule has 0 aliphatic carbocycles. The molecule has 252 valence electrons. The Balaban J connectivity index is 1.27. The Labute approximate surface area is 289 Å². The van der Waals surface area contributed by atoms with Crippen LogP contribution >= 0.6 is 0 Å². The molecular formula is C38H27N5O8. The van der Waals surface area contributed by atoms with Gasteiger partial charge in [0.25, 0.3) is 0 Å². The highest BCUT2D eigenvalue weighted by atomic mass is 16.7. The highest BCUT2D eigenvalue weighted by Crippen LogP contribution is 2.35. The van der Waals surface area contributed by atoms with Crippen molar-refractivity contribution in [3.05, 3.63) is 154 Å². The minimum absolute atomic E-state index is 0.104. The van der Waals surface area contributed by atoms with E-state index in [9.17, 15) is 19.2 Å². The van der Waals surface area contributed by atoms with E-state index in [1.165, 1.54) is 6.20 Å². The topological polar surface area (TPSA) is 175 Å². The fourth-order valence-electron chi connectivity index (χ4n) is 5.60. The third-order valence-electron chi connectivity index (χ3n) is 8.14. The third kappa shape index (κ3) is 6.98. The number of esters is 3. The lowest BCUT2D eigenvalue weighted by atomic mass is 10.1. The maximum atomic E-state index is 13.6. The summed E-state index contributed by atoms with van der Waals surface area (Å²) in [4.78, 5) is 65.2. The summed E-state index contributed by atoms with van der Waals surface area (Å²) < 4.78 is 24.9. The molecular weight excluding hydrogens is 654 g/mol. The summed E-state index contributed by atoms with van der Waals surface area (Å²) in [5, 5.41) is 9.16. The van der Waals surface area contributed by atoms with Crippen LogP contribution in [0.4, 0.5) is 0 Å². The number of imidazole rings is 1. The molecule has 13 heteroatoms. The van der Waals surface area contributed by atoms with Crippen molar-refractivity contribution in [1.29, 1.82) is 5.26 Å². The van der Waals surface area contributed by atoms with E-state index in [0.29, 0.717) is 22.5 Å². The van der Waals surface area contributed by atoms with Gasteiger partial charge in [0.15, 0.2) is 24.1 Å².